The summed E-state index contributed by atoms with van der Waals surface area (Å²) in [6.45, 7) is 3.02. The number of ether oxygens (including phenoxy) is 1. The Labute approximate surface area is 176 Å². The van der Waals surface area contributed by atoms with Crippen LogP contribution in [0.15, 0.2) is 60.7 Å². The number of likely N-dealkylation sites (tertiary alicyclic amines) is 1. The van der Waals surface area contributed by atoms with Crippen LogP contribution in [-0.2, 0) is 11.3 Å². The number of aromatic nitrogens is 1. The highest BCUT2D eigenvalue weighted by Crippen LogP contribution is 2.53. The monoisotopic (exact) mass is 402 g/mol. The summed E-state index contributed by atoms with van der Waals surface area (Å²) in [5.74, 6) is 0.170. The SMILES string of the molecule is CCC12CCCN(C(=O)OCc3ccccc3)C1n1c(cc3ccccc31)C(=O)C2. The highest BCUT2D eigenvalue weighted by molar-refractivity contribution is 6.01. The number of carbonyl (C=O) groups is 2. The fraction of sp³-hybridized carbons (Fsp3) is 0.360. The molecule has 0 bridgehead atoms. The molecule has 2 aliphatic rings. The van der Waals surface area contributed by atoms with Crippen LogP contribution in [0.25, 0.3) is 10.9 Å². The van der Waals surface area contributed by atoms with Crippen molar-refractivity contribution in [1.82, 2.24) is 9.47 Å². The van der Waals surface area contributed by atoms with Crippen molar-refractivity contribution in [1.29, 1.82) is 0 Å². The first kappa shape index (κ1) is 18.9. The molecule has 2 aromatic carbocycles. The molecule has 2 atom stereocenters. The fourth-order valence-corrected chi connectivity index (χ4v) is 5.32. The van der Waals surface area contributed by atoms with Crippen LogP contribution in [0.2, 0.25) is 0 Å². The van der Waals surface area contributed by atoms with E-state index in [1.807, 2.05) is 65.6 Å². The van der Waals surface area contributed by atoms with Gasteiger partial charge in [0, 0.05) is 23.8 Å². The number of para-hydroxylation sites is 1. The quantitative estimate of drug-likeness (QED) is 0.577. The van der Waals surface area contributed by atoms with Crippen LogP contribution < -0.4 is 0 Å². The Hall–Kier alpha value is -3.08. The van der Waals surface area contributed by atoms with E-state index < -0.39 is 0 Å². The molecule has 0 N–H and O–H groups in total. The summed E-state index contributed by atoms with van der Waals surface area (Å²) in [4.78, 5) is 28.2. The average Bonchev–Trinajstić information content (AvgIpc) is 3.18. The number of Topliss-reactive ketones (excluding diaryl/α,β-unsaturated/α-hetero) is 1. The molecule has 5 heteroatoms. The van der Waals surface area contributed by atoms with Gasteiger partial charge in [0.25, 0.3) is 0 Å². The summed E-state index contributed by atoms with van der Waals surface area (Å²) in [6, 6.07) is 19.8. The van der Waals surface area contributed by atoms with Crippen molar-refractivity contribution in [2.24, 2.45) is 5.41 Å². The molecule has 1 aromatic heterocycles. The third-order valence-electron chi connectivity index (χ3n) is 6.85. The van der Waals surface area contributed by atoms with Gasteiger partial charge in [0.2, 0.25) is 0 Å². The molecule has 1 fully saturated rings. The van der Waals surface area contributed by atoms with Crippen molar-refractivity contribution in [3.63, 3.8) is 0 Å². The van der Waals surface area contributed by atoms with Gasteiger partial charge in [-0.3, -0.25) is 9.69 Å². The maximum absolute atomic E-state index is 13.2. The molecule has 3 heterocycles. The molecular formula is C25H26N2O3. The molecule has 30 heavy (non-hydrogen) atoms. The van der Waals surface area contributed by atoms with E-state index in [9.17, 15) is 9.59 Å². The second-order valence-electron chi connectivity index (χ2n) is 8.49. The first-order valence-corrected chi connectivity index (χ1v) is 10.7. The van der Waals surface area contributed by atoms with E-state index >= 15 is 0 Å². The van der Waals surface area contributed by atoms with Gasteiger partial charge in [-0.1, -0.05) is 55.5 Å². The molecule has 1 amide bonds. The lowest BCUT2D eigenvalue weighted by Gasteiger charge is -2.52. The number of carbonyl (C=O) groups excluding carboxylic acids is 2. The summed E-state index contributed by atoms with van der Waals surface area (Å²) in [6.07, 6.45) is 2.64. The molecule has 0 spiro atoms. The van der Waals surface area contributed by atoms with Crippen molar-refractivity contribution < 1.29 is 14.3 Å². The smallest absolute Gasteiger partial charge is 0.411 e. The van der Waals surface area contributed by atoms with Crippen LogP contribution in [0.5, 0.6) is 0 Å². The van der Waals surface area contributed by atoms with Gasteiger partial charge in [-0.15, -0.1) is 0 Å². The number of amides is 1. The van der Waals surface area contributed by atoms with Gasteiger partial charge in [0.15, 0.2) is 5.78 Å². The standard InChI is InChI=1S/C25H26N2O3/c1-2-25-13-8-14-26(24(29)30-17-18-9-4-3-5-10-18)23(25)27-20-12-7-6-11-19(20)15-21(27)22(28)16-25/h3-7,9-12,15,23H,2,8,13-14,16-17H2,1H3. The first-order valence-electron chi connectivity index (χ1n) is 10.7. The van der Waals surface area contributed by atoms with Gasteiger partial charge >= 0.3 is 6.09 Å². The minimum Gasteiger partial charge on any atom is -0.444 e. The Morgan fingerprint density at radius 1 is 1.13 bits per heavy atom. The Kier molecular flexibility index (Phi) is 4.61. The zero-order valence-electron chi connectivity index (χ0n) is 17.2. The van der Waals surface area contributed by atoms with Crippen molar-refractivity contribution in [3.8, 4) is 0 Å². The number of nitrogens with zero attached hydrogens (tertiary/aromatic N) is 2. The summed E-state index contributed by atoms with van der Waals surface area (Å²) in [5.41, 5.74) is 2.42. The topological polar surface area (TPSA) is 51.5 Å². The average molecular weight is 402 g/mol. The Bertz CT molecular complexity index is 1100. The van der Waals surface area contributed by atoms with Crippen LogP contribution >= 0.6 is 0 Å². The van der Waals surface area contributed by atoms with Crippen molar-refractivity contribution in [2.75, 3.05) is 6.54 Å². The number of hydrogen-bond acceptors (Lipinski definition) is 3. The highest BCUT2D eigenvalue weighted by atomic mass is 16.6. The summed E-state index contributed by atoms with van der Waals surface area (Å²) < 4.78 is 7.83. The number of benzene rings is 2. The van der Waals surface area contributed by atoms with Crippen molar-refractivity contribution in [2.45, 2.75) is 45.4 Å². The summed E-state index contributed by atoms with van der Waals surface area (Å²) in [7, 11) is 0. The van der Waals surface area contributed by atoms with Gasteiger partial charge in [-0.2, -0.15) is 0 Å². The molecule has 154 valence electrons. The van der Waals surface area contributed by atoms with E-state index in [4.69, 9.17) is 4.74 Å². The molecule has 5 rings (SSSR count). The lowest BCUT2D eigenvalue weighted by Crippen LogP contribution is -2.54. The predicted molar refractivity (Wildman–Crippen MR) is 115 cm³/mol. The van der Waals surface area contributed by atoms with Gasteiger partial charge in [-0.05, 0) is 37.0 Å². The molecular weight excluding hydrogens is 376 g/mol. The van der Waals surface area contributed by atoms with Crippen molar-refractivity contribution >= 4 is 22.8 Å². The third-order valence-corrected chi connectivity index (χ3v) is 6.85. The van der Waals surface area contributed by atoms with Gasteiger partial charge < -0.3 is 9.30 Å². The Balaban J connectivity index is 1.55. The molecule has 1 saturated heterocycles. The van der Waals surface area contributed by atoms with Crippen LogP contribution in [-0.4, -0.2) is 27.9 Å². The lowest BCUT2D eigenvalue weighted by atomic mass is 9.69. The number of piperidine rings is 1. The van der Waals surface area contributed by atoms with Gasteiger partial charge in [0.05, 0.1) is 11.2 Å². The summed E-state index contributed by atoms with van der Waals surface area (Å²) >= 11 is 0. The maximum Gasteiger partial charge on any atom is 0.411 e. The third kappa shape index (κ3) is 2.92. The summed E-state index contributed by atoms with van der Waals surface area (Å²) in [5, 5.41) is 1.04. The molecule has 2 unspecified atom stereocenters. The molecule has 3 aromatic rings. The van der Waals surface area contributed by atoms with Crippen LogP contribution in [0.3, 0.4) is 0 Å². The van der Waals surface area contributed by atoms with E-state index in [1.54, 1.807) is 0 Å². The number of fused-ring (bicyclic) bond motifs is 5. The normalized spacial score (nSPS) is 23.2. The highest BCUT2D eigenvalue weighted by Gasteiger charge is 2.52. The lowest BCUT2D eigenvalue weighted by molar-refractivity contribution is -0.0413. The van der Waals surface area contributed by atoms with Gasteiger partial charge in [-0.25, -0.2) is 4.79 Å². The largest absolute Gasteiger partial charge is 0.444 e. The van der Waals surface area contributed by atoms with E-state index in [-0.39, 0.29) is 30.1 Å². The second kappa shape index (κ2) is 7.31. The zero-order valence-corrected chi connectivity index (χ0v) is 17.2. The number of rotatable bonds is 3. The first-order chi connectivity index (χ1) is 14.6. The number of ketones is 1. The van der Waals surface area contributed by atoms with Crippen LogP contribution in [0.4, 0.5) is 4.79 Å². The molecule has 0 radical (unpaired) electrons. The van der Waals surface area contributed by atoms with E-state index in [1.165, 1.54) is 0 Å². The fourth-order valence-electron chi connectivity index (χ4n) is 5.32. The molecule has 2 aliphatic heterocycles. The second-order valence-corrected chi connectivity index (χ2v) is 8.49. The minimum absolute atomic E-state index is 0.170. The van der Waals surface area contributed by atoms with Crippen LogP contribution in [0, 0.1) is 5.41 Å². The predicted octanol–water partition coefficient (Wildman–Crippen LogP) is 5.56. The molecule has 0 aliphatic carbocycles. The zero-order chi connectivity index (χ0) is 20.7. The van der Waals surface area contributed by atoms with Crippen LogP contribution in [0.1, 0.15) is 54.8 Å². The number of hydrogen-bond donors (Lipinski definition) is 0. The Morgan fingerprint density at radius 3 is 2.70 bits per heavy atom. The molecule has 5 nitrogen and oxygen atoms in total. The Morgan fingerprint density at radius 2 is 1.90 bits per heavy atom. The van der Waals surface area contributed by atoms with E-state index in [0.29, 0.717) is 18.7 Å². The molecule has 0 saturated carbocycles. The minimum atomic E-state index is -0.306. The van der Waals surface area contributed by atoms with Crippen molar-refractivity contribution in [3.05, 3.63) is 71.9 Å². The van der Waals surface area contributed by atoms with E-state index in [2.05, 4.69) is 11.5 Å². The van der Waals surface area contributed by atoms with Gasteiger partial charge in [0.1, 0.15) is 12.8 Å². The van der Waals surface area contributed by atoms with E-state index in [0.717, 1.165) is 35.7 Å². The maximum atomic E-state index is 13.2.